The molecule has 1 aromatic heterocycles. The number of likely N-dealkylation sites (N-methyl/N-ethyl adjacent to an activating group) is 1. The molecule has 0 radical (unpaired) electrons. The number of para-hydroxylation sites is 1. The van der Waals surface area contributed by atoms with Gasteiger partial charge in [0.05, 0.1) is 18.9 Å². The molecule has 2 atom stereocenters. The van der Waals surface area contributed by atoms with Gasteiger partial charge in [-0.2, -0.15) is 0 Å². The zero-order valence-electron chi connectivity index (χ0n) is 10.4. The number of hydrogen-bond donors (Lipinski definition) is 1. The van der Waals surface area contributed by atoms with E-state index in [-0.39, 0.29) is 6.04 Å². The van der Waals surface area contributed by atoms with E-state index >= 15 is 0 Å². The van der Waals surface area contributed by atoms with Crippen LogP contribution in [0.25, 0.3) is 0 Å². The lowest BCUT2D eigenvalue weighted by atomic mass is 9.91. The molecule has 1 aliphatic heterocycles. The highest BCUT2D eigenvalue weighted by molar-refractivity contribution is 5.41. The van der Waals surface area contributed by atoms with Crippen LogP contribution in [0, 0.1) is 0 Å². The topological polar surface area (TPSA) is 34.4 Å². The van der Waals surface area contributed by atoms with Crippen molar-refractivity contribution in [2.24, 2.45) is 0 Å². The van der Waals surface area contributed by atoms with Gasteiger partial charge in [0.1, 0.15) is 11.5 Å². The Morgan fingerprint density at radius 1 is 1.28 bits per heavy atom. The Balaban J connectivity index is 1.93. The van der Waals surface area contributed by atoms with E-state index in [0.717, 1.165) is 18.1 Å². The molecule has 1 N–H and O–H groups in total. The van der Waals surface area contributed by atoms with Crippen LogP contribution in [-0.4, -0.2) is 13.2 Å². The van der Waals surface area contributed by atoms with E-state index < -0.39 is 0 Å². The smallest absolute Gasteiger partial charge is 0.122 e. The van der Waals surface area contributed by atoms with Gasteiger partial charge in [-0.15, -0.1) is 0 Å². The van der Waals surface area contributed by atoms with Crippen molar-refractivity contribution in [3.8, 4) is 5.75 Å². The average molecular weight is 243 g/mol. The van der Waals surface area contributed by atoms with E-state index in [1.54, 1.807) is 6.26 Å². The highest BCUT2D eigenvalue weighted by atomic mass is 16.5. The van der Waals surface area contributed by atoms with Crippen LogP contribution in [0.4, 0.5) is 0 Å². The van der Waals surface area contributed by atoms with E-state index in [1.165, 1.54) is 5.56 Å². The molecule has 0 bridgehead atoms. The van der Waals surface area contributed by atoms with Gasteiger partial charge in [0.2, 0.25) is 0 Å². The fraction of sp³-hybridized carbons (Fsp3) is 0.333. The maximum absolute atomic E-state index is 5.75. The van der Waals surface area contributed by atoms with E-state index in [4.69, 9.17) is 9.15 Å². The summed E-state index contributed by atoms with van der Waals surface area (Å²) in [6, 6.07) is 12.4. The van der Waals surface area contributed by atoms with Crippen LogP contribution in [0.15, 0.2) is 47.1 Å². The Morgan fingerprint density at radius 2 is 2.17 bits per heavy atom. The van der Waals surface area contributed by atoms with Gasteiger partial charge in [-0.05, 0) is 24.7 Å². The van der Waals surface area contributed by atoms with Crippen LogP contribution < -0.4 is 10.1 Å². The number of furan rings is 1. The zero-order valence-corrected chi connectivity index (χ0v) is 10.4. The van der Waals surface area contributed by atoms with Crippen molar-refractivity contribution in [3.05, 3.63) is 54.0 Å². The van der Waals surface area contributed by atoms with Gasteiger partial charge in [0.15, 0.2) is 0 Å². The lowest BCUT2D eigenvalue weighted by Gasteiger charge is -2.21. The van der Waals surface area contributed by atoms with E-state index in [1.807, 2.05) is 24.3 Å². The molecule has 3 rings (SSSR count). The van der Waals surface area contributed by atoms with Gasteiger partial charge >= 0.3 is 0 Å². The first-order valence-electron chi connectivity index (χ1n) is 6.38. The molecule has 2 unspecified atom stereocenters. The summed E-state index contributed by atoms with van der Waals surface area (Å²) >= 11 is 0. The number of rotatable bonds is 4. The minimum Gasteiger partial charge on any atom is -0.493 e. The molecule has 2 heterocycles. The summed E-state index contributed by atoms with van der Waals surface area (Å²) in [5, 5.41) is 3.49. The van der Waals surface area contributed by atoms with Crippen molar-refractivity contribution in [1.29, 1.82) is 0 Å². The highest BCUT2D eigenvalue weighted by Crippen LogP contribution is 2.41. The molecule has 1 aliphatic rings. The Bertz CT molecular complexity index is 505. The third-order valence-corrected chi connectivity index (χ3v) is 3.41. The summed E-state index contributed by atoms with van der Waals surface area (Å²) in [5.74, 6) is 2.28. The second-order valence-electron chi connectivity index (χ2n) is 4.51. The van der Waals surface area contributed by atoms with Gasteiger partial charge in [-0.25, -0.2) is 0 Å². The third kappa shape index (κ3) is 1.91. The molecule has 3 heteroatoms. The van der Waals surface area contributed by atoms with Gasteiger partial charge < -0.3 is 14.5 Å². The number of fused-ring (bicyclic) bond motifs is 1. The van der Waals surface area contributed by atoms with E-state index in [0.29, 0.717) is 12.5 Å². The Morgan fingerprint density at radius 3 is 2.94 bits per heavy atom. The van der Waals surface area contributed by atoms with Gasteiger partial charge in [0, 0.05) is 11.5 Å². The summed E-state index contributed by atoms with van der Waals surface area (Å²) in [5.41, 5.74) is 1.26. The normalized spacial score (nSPS) is 19.3. The fourth-order valence-electron chi connectivity index (χ4n) is 2.59. The summed E-state index contributed by atoms with van der Waals surface area (Å²) in [6.45, 7) is 3.72. The van der Waals surface area contributed by atoms with Crippen LogP contribution in [0.3, 0.4) is 0 Å². The fourth-order valence-corrected chi connectivity index (χ4v) is 2.59. The van der Waals surface area contributed by atoms with Crippen molar-refractivity contribution in [2.75, 3.05) is 13.2 Å². The van der Waals surface area contributed by atoms with Crippen LogP contribution in [0.2, 0.25) is 0 Å². The van der Waals surface area contributed by atoms with E-state index in [2.05, 4.69) is 24.4 Å². The summed E-state index contributed by atoms with van der Waals surface area (Å²) < 4.78 is 11.3. The summed E-state index contributed by atoms with van der Waals surface area (Å²) in [4.78, 5) is 0. The molecule has 0 fully saturated rings. The minimum absolute atomic E-state index is 0.175. The predicted octanol–water partition coefficient (Wildman–Crippen LogP) is 3.11. The maximum Gasteiger partial charge on any atom is 0.122 e. The second kappa shape index (κ2) is 4.86. The number of nitrogens with one attached hydrogen (secondary N) is 1. The third-order valence-electron chi connectivity index (χ3n) is 3.41. The van der Waals surface area contributed by atoms with Crippen molar-refractivity contribution in [2.45, 2.75) is 18.9 Å². The molecule has 18 heavy (non-hydrogen) atoms. The molecule has 1 aromatic carbocycles. The van der Waals surface area contributed by atoms with Crippen molar-refractivity contribution < 1.29 is 9.15 Å². The second-order valence-corrected chi connectivity index (χ2v) is 4.51. The van der Waals surface area contributed by atoms with Gasteiger partial charge in [-0.3, -0.25) is 0 Å². The van der Waals surface area contributed by atoms with Crippen LogP contribution in [-0.2, 0) is 0 Å². The van der Waals surface area contributed by atoms with Crippen LogP contribution in [0.1, 0.15) is 30.2 Å². The van der Waals surface area contributed by atoms with Gasteiger partial charge in [0.25, 0.3) is 0 Å². The standard InChI is InChI=1S/C15H17NO2/c1-2-16-15(14-8-5-9-17-14)12-10-18-13-7-4-3-6-11(12)13/h3-9,12,15-16H,2,10H2,1H3. The van der Waals surface area contributed by atoms with Crippen molar-refractivity contribution >= 4 is 0 Å². The first-order valence-corrected chi connectivity index (χ1v) is 6.38. The van der Waals surface area contributed by atoms with Crippen molar-refractivity contribution in [3.63, 3.8) is 0 Å². The Kier molecular flexibility index (Phi) is 3.07. The number of hydrogen-bond acceptors (Lipinski definition) is 3. The summed E-state index contributed by atoms with van der Waals surface area (Å²) in [6.07, 6.45) is 1.72. The number of benzene rings is 1. The monoisotopic (exact) mass is 243 g/mol. The highest BCUT2D eigenvalue weighted by Gasteiger charge is 2.33. The molecule has 2 aromatic rings. The molecule has 0 spiro atoms. The predicted molar refractivity (Wildman–Crippen MR) is 69.8 cm³/mol. The lowest BCUT2D eigenvalue weighted by Crippen LogP contribution is -2.27. The first-order chi connectivity index (χ1) is 8.90. The molecule has 94 valence electrons. The largest absolute Gasteiger partial charge is 0.493 e. The van der Waals surface area contributed by atoms with Crippen molar-refractivity contribution in [1.82, 2.24) is 5.32 Å². The Hall–Kier alpha value is -1.74. The average Bonchev–Trinajstić information content (AvgIpc) is 3.06. The van der Waals surface area contributed by atoms with Crippen LogP contribution in [0.5, 0.6) is 5.75 Å². The molecular formula is C15H17NO2. The van der Waals surface area contributed by atoms with Gasteiger partial charge in [-0.1, -0.05) is 25.1 Å². The zero-order chi connectivity index (χ0) is 12.4. The SMILES string of the molecule is CCNC(c1ccco1)C1COc2ccccc21. The summed E-state index contributed by atoms with van der Waals surface area (Å²) in [7, 11) is 0. The van der Waals surface area contributed by atoms with Crippen LogP contribution >= 0.6 is 0 Å². The molecular weight excluding hydrogens is 226 g/mol. The molecule has 0 saturated heterocycles. The lowest BCUT2D eigenvalue weighted by molar-refractivity contribution is 0.283. The molecule has 0 saturated carbocycles. The Labute approximate surface area is 107 Å². The molecule has 0 aliphatic carbocycles. The molecule has 0 amide bonds. The minimum atomic E-state index is 0.175. The number of ether oxygens (including phenoxy) is 1. The molecule has 3 nitrogen and oxygen atoms in total. The quantitative estimate of drug-likeness (QED) is 0.896. The first kappa shape index (κ1) is 11.4. The maximum atomic E-state index is 5.75. The van der Waals surface area contributed by atoms with E-state index in [9.17, 15) is 0 Å².